The minimum absolute atomic E-state index is 0.0366. The van der Waals surface area contributed by atoms with E-state index in [1.807, 2.05) is 43.3 Å². The highest BCUT2D eigenvalue weighted by molar-refractivity contribution is 7.15. The van der Waals surface area contributed by atoms with Crippen LogP contribution in [-0.2, 0) is 16.0 Å². The molecule has 0 saturated carbocycles. The highest BCUT2D eigenvalue weighted by atomic mass is 32.1. The number of anilines is 1. The largest absolute Gasteiger partial charge is 0.301 e. The number of rotatable bonds is 7. The number of benzene rings is 3. The Balaban J connectivity index is 1.46. The van der Waals surface area contributed by atoms with Crippen molar-refractivity contribution in [2.24, 2.45) is 5.10 Å². The van der Waals surface area contributed by atoms with Crippen molar-refractivity contribution in [3.05, 3.63) is 65.2 Å². The molecule has 0 aliphatic rings. The first kappa shape index (κ1) is 20.6. The molecule has 7 nitrogen and oxygen atoms in total. The van der Waals surface area contributed by atoms with Crippen molar-refractivity contribution >= 4 is 56.0 Å². The molecule has 4 aromatic rings. The van der Waals surface area contributed by atoms with Crippen molar-refractivity contribution in [2.75, 3.05) is 5.32 Å². The number of aromatic nitrogens is 2. The average Bonchev–Trinajstić information content (AvgIpc) is 3.19. The molecular weight excluding hydrogens is 410 g/mol. The second-order valence-electron chi connectivity index (χ2n) is 7.00. The van der Waals surface area contributed by atoms with Crippen molar-refractivity contribution in [1.29, 1.82) is 0 Å². The van der Waals surface area contributed by atoms with Crippen molar-refractivity contribution in [3.8, 4) is 0 Å². The number of nitrogens with zero attached hydrogens (tertiary/aromatic N) is 3. The summed E-state index contributed by atoms with van der Waals surface area (Å²) in [5.74, 6) is -0.412. The van der Waals surface area contributed by atoms with Crippen molar-refractivity contribution in [1.82, 2.24) is 15.6 Å². The monoisotopic (exact) mass is 431 g/mol. The van der Waals surface area contributed by atoms with Gasteiger partial charge in [-0.05, 0) is 34.0 Å². The van der Waals surface area contributed by atoms with Crippen LogP contribution < -0.4 is 10.7 Å². The second kappa shape index (κ2) is 9.44. The average molecular weight is 432 g/mol. The number of carbonyl (C=O) groups is 2. The molecule has 0 aliphatic carbocycles. The lowest BCUT2D eigenvalue weighted by molar-refractivity contribution is -0.120. The maximum absolute atomic E-state index is 12.3. The molecule has 156 valence electrons. The molecule has 0 unspecified atom stereocenters. The Kier molecular flexibility index (Phi) is 6.28. The molecule has 0 bridgehead atoms. The molecular formula is C23H21N5O2S. The van der Waals surface area contributed by atoms with Gasteiger partial charge in [-0.2, -0.15) is 5.10 Å². The maximum Gasteiger partial charge on any atom is 0.247 e. The predicted octanol–water partition coefficient (Wildman–Crippen LogP) is 4.28. The zero-order valence-corrected chi connectivity index (χ0v) is 17.8. The van der Waals surface area contributed by atoms with E-state index in [0.717, 1.165) is 33.5 Å². The van der Waals surface area contributed by atoms with E-state index < -0.39 is 0 Å². The topological polar surface area (TPSA) is 96.3 Å². The van der Waals surface area contributed by atoms with Gasteiger partial charge in [-0.15, -0.1) is 10.2 Å². The normalized spacial score (nSPS) is 11.3. The van der Waals surface area contributed by atoms with E-state index >= 15 is 0 Å². The summed E-state index contributed by atoms with van der Waals surface area (Å²) < 4.78 is 0. The Hall–Kier alpha value is -3.65. The molecule has 0 atom stereocenters. The molecule has 0 saturated heterocycles. The van der Waals surface area contributed by atoms with E-state index in [0.29, 0.717) is 16.6 Å². The first-order valence-corrected chi connectivity index (χ1v) is 10.8. The van der Waals surface area contributed by atoms with Crippen LogP contribution in [0, 0.1) is 0 Å². The number of hydrogen-bond donors (Lipinski definition) is 2. The lowest BCUT2D eigenvalue weighted by atomic mass is 9.97. The Morgan fingerprint density at radius 3 is 2.35 bits per heavy atom. The highest BCUT2D eigenvalue weighted by Crippen LogP contribution is 2.27. The van der Waals surface area contributed by atoms with E-state index in [4.69, 9.17) is 0 Å². The van der Waals surface area contributed by atoms with Crippen molar-refractivity contribution in [3.63, 3.8) is 0 Å². The van der Waals surface area contributed by atoms with E-state index in [2.05, 4.69) is 44.2 Å². The smallest absolute Gasteiger partial charge is 0.247 e. The zero-order valence-electron chi connectivity index (χ0n) is 17.0. The third kappa shape index (κ3) is 4.92. The third-order valence-corrected chi connectivity index (χ3v) is 5.54. The summed E-state index contributed by atoms with van der Waals surface area (Å²) >= 11 is 1.18. The Morgan fingerprint density at radius 1 is 1.00 bits per heavy atom. The summed E-state index contributed by atoms with van der Waals surface area (Å²) in [6.07, 6.45) is 2.89. The molecule has 4 rings (SSSR count). The van der Waals surface area contributed by atoms with Crippen molar-refractivity contribution in [2.45, 2.75) is 26.2 Å². The van der Waals surface area contributed by atoms with Gasteiger partial charge < -0.3 is 5.32 Å². The maximum atomic E-state index is 12.3. The van der Waals surface area contributed by atoms with E-state index in [-0.39, 0.29) is 18.2 Å². The van der Waals surface area contributed by atoms with Gasteiger partial charge in [-0.3, -0.25) is 9.59 Å². The van der Waals surface area contributed by atoms with Gasteiger partial charge in [-0.25, -0.2) is 5.43 Å². The van der Waals surface area contributed by atoms with Gasteiger partial charge in [0.2, 0.25) is 16.9 Å². The summed E-state index contributed by atoms with van der Waals surface area (Å²) in [4.78, 5) is 23.9. The summed E-state index contributed by atoms with van der Waals surface area (Å²) in [5.41, 5.74) is 3.51. The fourth-order valence-electron chi connectivity index (χ4n) is 3.32. The van der Waals surface area contributed by atoms with Gasteiger partial charge >= 0.3 is 0 Å². The number of nitrogens with one attached hydrogen (secondary N) is 2. The number of hydrogen-bond acceptors (Lipinski definition) is 6. The van der Waals surface area contributed by atoms with E-state index in [1.54, 1.807) is 6.21 Å². The molecule has 8 heteroatoms. The first-order chi connectivity index (χ1) is 15.1. The summed E-state index contributed by atoms with van der Waals surface area (Å²) in [5, 5.41) is 20.0. The lowest BCUT2D eigenvalue weighted by Gasteiger charge is -2.07. The molecule has 31 heavy (non-hydrogen) atoms. The Labute approximate surface area is 183 Å². The van der Waals surface area contributed by atoms with Crippen molar-refractivity contribution < 1.29 is 9.59 Å². The summed E-state index contributed by atoms with van der Waals surface area (Å²) in [7, 11) is 0. The molecule has 0 radical (unpaired) electrons. The minimum atomic E-state index is -0.302. The number of fused-ring (bicyclic) bond motifs is 2. The lowest BCUT2D eigenvalue weighted by Crippen LogP contribution is -2.19. The van der Waals surface area contributed by atoms with Crippen LogP contribution in [0.3, 0.4) is 0 Å². The fourth-order valence-corrected chi connectivity index (χ4v) is 4.07. The Bertz CT molecular complexity index is 1230. The second-order valence-corrected chi connectivity index (χ2v) is 8.06. The van der Waals surface area contributed by atoms with Crippen LogP contribution in [0.2, 0.25) is 0 Å². The fraction of sp³-hybridized carbons (Fsp3) is 0.174. The third-order valence-electron chi connectivity index (χ3n) is 4.70. The van der Waals surface area contributed by atoms with E-state index in [1.165, 1.54) is 11.3 Å². The number of hydrazone groups is 1. The van der Waals surface area contributed by atoms with Crippen LogP contribution >= 0.6 is 11.3 Å². The number of carbonyl (C=O) groups excluding carboxylic acids is 2. The van der Waals surface area contributed by atoms with Gasteiger partial charge in [0, 0.05) is 12.0 Å². The van der Waals surface area contributed by atoms with Crippen LogP contribution in [0.4, 0.5) is 5.13 Å². The summed E-state index contributed by atoms with van der Waals surface area (Å²) in [6.45, 7) is 1.93. The van der Waals surface area contributed by atoms with Gasteiger partial charge in [-0.1, -0.05) is 66.8 Å². The quantitative estimate of drug-likeness (QED) is 0.259. The zero-order chi connectivity index (χ0) is 21.6. The molecule has 0 fully saturated rings. The first-order valence-electron chi connectivity index (χ1n) is 9.98. The summed E-state index contributed by atoms with van der Waals surface area (Å²) in [6, 6.07) is 18.3. The van der Waals surface area contributed by atoms with Crippen LogP contribution in [-0.4, -0.2) is 28.2 Å². The SMILES string of the molecule is CCCC(=O)Nc1nnc(CC(=O)N/N=C\c2c3ccccc3cc3ccccc23)s1. The van der Waals surface area contributed by atoms with Gasteiger partial charge in [0.1, 0.15) is 5.01 Å². The van der Waals surface area contributed by atoms with Gasteiger partial charge in [0.15, 0.2) is 0 Å². The van der Waals surface area contributed by atoms with Crippen LogP contribution in [0.15, 0.2) is 59.7 Å². The molecule has 2 amide bonds. The molecule has 2 N–H and O–H groups in total. The predicted molar refractivity (Wildman–Crippen MR) is 124 cm³/mol. The van der Waals surface area contributed by atoms with Crippen LogP contribution in [0.5, 0.6) is 0 Å². The molecule has 0 aliphatic heterocycles. The molecule has 1 heterocycles. The van der Waals surface area contributed by atoms with Gasteiger partial charge in [0.25, 0.3) is 0 Å². The molecule has 1 aromatic heterocycles. The Morgan fingerprint density at radius 2 is 1.68 bits per heavy atom. The van der Waals surface area contributed by atoms with Gasteiger partial charge in [0.05, 0.1) is 12.6 Å². The standard InChI is InChI=1S/C23H21N5O2S/c1-2-7-20(29)25-23-28-27-22(31-23)13-21(30)26-24-14-19-17-10-5-3-8-15(17)12-16-9-4-6-11-18(16)19/h3-6,8-12,14H,2,7,13H2,1H3,(H,26,30)(H,25,28,29)/b24-14-. The van der Waals surface area contributed by atoms with Crippen LogP contribution in [0.25, 0.3) is 21.5 Å². The molecule has 0 spiro atoms. The highest BCUT2D eigenvalue weighted by Gasteiger charge is 2.11. The van der Waals surface area contributed by atoms with Crippen LogP contribution in [0.1, 0.15) is 30.3 Å². The van der Waals surface area contributed by atoms with E-state index in [9.17, 15) is 9.59 Å². The minimum Gasteiger partial charge on any atom is -0.301 e. The number of amides is 2. The molecule has 3 aromatic carbocycles.